The van der Waals surface area contributed by atoms with Crippen molar-refractivity contribution in [2.75, 3.05) is 19.8 Å². The minimum Gasteiger partial charge on any atom is -0.381 e. The van der Waals surface area contributed by atoms with Crippen LogP contribution in [0.15, 0.2) is 16.9 Å². The molecule has 2 aliphatic carbocycles. The van der Waals surface area contributed by atoms with E-state index in [2.05, 4.69) is 10.4 Å². The first-order valence-electron chi connectivity index (χ1n) is 11.9. The summed E-state index contributed by atoms with van der Waals surface area (Å²) in [5.41, 5.74) is 1.00. The summed E-state index contributed by atoms with van der Waals surface area (Å²) in [7, 11) is 0. The van der Waals surface area contributed by atoms with Gasteiger partial charge in [-0.15, -0.1) is 0 Å². The minimum atomic E-state index is -0.257. The third-order valence-electron chi connectivity index (χ3n) is 7.39. The van der Waals surface area contributed by atoms with Gasteiger partial charge in [-0.1, -0.05) is 0 Å². The Balaban J connectivity index is 1.13. The molecule has 31 heavy (non-hydrogen) atoms. The van der Waals surface area contributed by atoms with Gasteiger partial charge in [-0.2, -0.15) is 5.10 Å². The van der Waals surface area contributed by atoms with Crippen molar-refractivity contribution < 1.29 is 14.3 Å². The van der Waals surface area contributed by atoms with Crippen LogP contribution >= 0.6 is 0 Å². The van der Waals surface area contributed by atoms with Crippen LogP contribution in [-0.4, -0.2) is 58.3 Å². The molecule has 168 valence electrons. The molecule has 3 heterocycles. The third kappa shape index (κ3) is 4.54. The molecule has 8 nitrogen and oxygen atoms in total. The zero-order valence-electron chi connectivity index (χ0n) is 18.0. The lowest BCUT2D eigenvalue weighted by atomic mass is 9.90. The number of aromatic nitrogens is 2. The standard InChI is InChI=1S/C23H32N4O4/c28-21-8-7-20(15-1-2-15)25-27(21)19-5-3-17(4-6-19)24-23(30)16-13-22(29)26(14-16)18-9-11-31-12-10-18/h7-8,15-19H,1-6,9-14H2,(H,24,30). The molecule has 2 aliphatic heterocycles. The molecule has 0 bridgehead atoms. The fraction of sp³-hybridized carbons (Fsp3) is 0.739. The quantitative estimate of drug-likeness (QED) is 0.771. The van der Waals surface area contributed by atoms with Gasteiger partial charge in [0.2, 0.25) is 11.8 Å². The van der Waals surface area contributed by atoms with Gasteiger partial charge in [-0.25, -0.2) is 4.68 Å². The summed E-state index contributed by atoms with van der Waals surface area (Å²) in [5, 5.41) is 7.81. The summed E-state index contributed by atoms with van der Waals surface area (Å²) in [4.78, 5) is 39.5. The van der Waals surface area contributed by atoms with Crippen LogP contribution in [0.25, 0.3) is 0 Å². The summed E-state index contributed by atoms with van der Waals surface area (Å²) in [5.74, 6) is 0.360. The van der Waals surface area contributed by atoms with Crippen molar-refractivity contribution in [2.24, 2.45) is 5.92 Å². The summed E-state index contributed by atoms with van der Waals surface area (Å²) in [6.45, 7) is 1.91. The molecule has 1 aromatic heterocycles. The molecule has 1 unspecified atom stereocenters. The number of nitrogens with one attached hydrogen (secondary N) is 1. The van der Waals surface area contributed by atoms with Crippen molar-refractivity contribution in [2.45, 2.75) is 81.8 Å². The van der Waals surface area contributed by atoms with Crippen molar-refractivity contribution in [1.29, 1.82) is 0 Å². The smallest absolute Gasteiger partial charge is 0.267 e. The fourth-order valence-electron chi connectivity index (χ4n) is 5.34. The number of carbonyl (C=O) groups is 2. The zero-order chi connectivity index (χ0) is 21.4. The molecule has 4 aliphatic rings. The van der Waals surface area contributed by atoms with Crippen molar-refractivity contribution in [3.05, 3.63) is 28.2 Å². The molecule has 0 spiro atoms. The topological polar surface area (TPSA) is 93.5 Å². The van der Waals surface area contributed by atoms with Crippen molar-refractivity contribution in [3.8, 4) is 0 Å². The highest BCUT2D eigenvalue weighted by atomic mass is 16.5. The Bertz CT molecular complexity index is 882. The van der Waals surface area contributed by atoms with Crippen LogP contribution in [-0.2, 0) is 14.3 Å². The van der Waals surface area contributed by atoms with E-state index in [-0.39, 0.29) is 41.4 Å². The molecule has 0 radical (unpaired) electrons. The molecule has 1 atom stereocenters. The number of nitrogens with zero attached hydrogens (tertiary/aromatic N) is 3. The van der Waals surface area contributed by atoms with Gasteiger partial charge >= 0.3 is 0 Å². The third-order valence-corrected chi connectivity index (χ3v) is 7.39. The predicted octanol–water partition coefficient (Wildman–Crippen LogP) is 1.75. The van der Waals surface area contributed by atoms with Gasteiger partial charge in [-0.3, -0.25) is 14.4 Å². The highest BCUT2D eigenvalue weighted by molar-refractivity contribution is 5.89. The number of hydrogen-bond donors (Lipinski definition) is 1. The first kappa shape index (κ1) is 20.7. The molecule has 1 N–H and O–H groups in total. The highest BCUT2D eigenvalue weighted by Gasteiger charge is 2.39. The van der Waals surface area contributed by atoms with E-state index < -0.39 is 0 Å². The maximum atomic E-state index is 12.8. The van der Waals surface area contributed by atoms with Crippen LogP contribution in [0.3, 0.4) is 0 Å². The van der Waals surface area contributed by atoms with Gasteiger partial charge in [0.15, 0.2) is 0 Å². The SMILES string of the molecule is O=C(NC1CCC(n2nc(C3CC3)ccc2=O)CC1)C1CC(=O)N(C2CCOCC2)C1. The molecule has 2 saturated carbocycles. The highest BCUT2D eigenvalue weighted by Crippen LogP contribution is 2.38. The van der Waals surface area contributed by atoms with Gasteiger partial charge in [-0.05, 0) is 57.4 Å². The maximum absolute atomic E-state index is 12.8. The van der Waals surface area contributed by atoms with E-state index in [1.807, 2.05) is 11.0 Å². The predicted molar refractivity (Wildman–Crippen MR) is 114 cm³/mol. The fourth-order valence-corrected chi connectivity index (χ4v) is 5.34. The lowest BCUT2D eigenvalue weighted by molar-refractivity contribution is -0.131. The van der Waals surface area contributed by atoms with E-state index in [9.17, 15) is 14.4 Å². The number of ether oxygens (including phenoxy) is 1. The number of carbonyl (C=O) groups excluding carboxylic acids is 2. The molecule has 4 fully saturated rings. The van der Waals surface area contributed by atoms with Crippen molar-refractivity contribution in [3.63, 3.8) is 0 Å². The van der Waals surface area contributed by atoms with Gasteiger partial charge in [0.1, 0.15) is 0 Å². The Morgan fingerprint density at radius 3 is 2.42 bits per heavy atom. The normalized spacial score (nSPS) is 29.9. The Kier molecular flexibility index (Phi) is 5.82. The zero-order valence-corrected chi connectivity index (χ0v) is 18.0. The average Bonchev–Trinajstić information content (AvgIpc) is 3.56. The molecule has 5 rings (SSSR count). The van der Waals surface area contributed by atoms with Gasteiger partial charge in [0, 0.05) is 50.2 Å². The number of likely N-dealkylation sites (tertiary alicyclic amines) is 1. The van der Waals surface area contributed by atoms with Crippen LogP contribution in [0.2, 0.25) is 0 Å². The van der Waals surface area contributed by atoms with E-state index in [0.29, 0.717) is 32.1 Å². The molecular formula is C23H32N4O4. The van der Waals surface area contributed by atoms with Crippen LogP contribution in [0.1, 0.15) is 75.4 Å². The van der Waals surface area contributed by atoms with Gasteiger partial charge in [0.25, 0.3) is 5.56 Å². The van der Waals surface area contributed by atoms with Gasteiger partial charge in [0.05, 0.1) is 17.7 Å². The van der Waals surface area contributed by atoms with Crippen LogP contribution < -0.4 is 10.9 Å². The summed E-state index contributed by atoms with van der Waals surface area (Å²) >= 11 is 0. The van der Waals surface area contributed by atoms with Crippen LogP contribution in [0.4, 0.5) is 0 Å². The van der Waals surface area contributed by atoms with Crippen LogP contribution in [0.5, 0.6) is 0 Å². The molecule has 8 heteroatoms. The van der Waals surface area contributed by atoms with Crippen molar-refractivity contribution >= 4 is 11.8 Å². The van der Waals surface area contributed by atoms with Gasteiger partial charge < -0.3 is 15.0 Å². The molecular weight excluding hydrogens is 396 g/mol. The van der Waals surface area contributed by atoms with E-state index >= 15 is 0 Å². The molecule has 0 aromatic carbocycles. The second-order valence-electron chi connectivity index (χ2n) is 9.62. The largest absolute Gasteiger partial charge is 0.381 e. The van der Waals surface area contributed by atoms with E-state index in [1.54, 1.807) is 10.7 Å². The number of amides is 2. The Hall–Kier alpha value is -2.22. The number of rotatable bonds is 5. The lowest BCUT2D eigenvalue weighted by Gasteiger charge is -2.32. The first-order chi connectivity index (χ1) is 15.1. The Morgan fingerprint density at radius 1 is 0.968 bits per heavy atom. The van der Waals surface area contributed by atoms with Crippen LogP contribution in [0, 0.1) is 5.92 Å². The van der Waals surface area contributed by atoms with E-state index in [4.69, 9.17) is 4.74 Å². The lowest BCUT2D eigenvalue weighted by Crippen LogP contribution is -2.44. The molecule has 2 amide bonds. The molecule has 2 saturated heterocycles. The first-order valence-corrected chi connectivity index (χ1v) is 11.9. The monoisotopic (exact) mass is 428 g/mol. The molecule has 1 aromatic rings. The summed E-state index contributed by atoms with van der Waals surface area (Å²) in [6, 6.07) is 3.95. The van der Waals surface area contributed by atoms with Crippen molar-refractivity contribution in [1.82, 2.24) is 20.0 Å². The van der Waals surface area contributed by atoms with E-state index in [0.717, 1.165) is 44.2 Å². The minimum absolute atomic E-state index is 0.00242. The maximum Gasteiger partial charge on any atom is 0.267 e. The summed E-state index contributed by atoms with van der Waals surface area (Å²) < 4.78 is 7.07. The second kappa shape index (κ2) is 8.73. The summed E-state index contributed by atoms with van der Waals surface area (Å²) in [6.07, 6.45) is 7.71. The number of hydrogen-bond acceptors (Lipinski definition) is 5. The van der Waals surface area contributed by atoms with E-state index in [1.165, 1.54) is 12.8 Å². The Morgan fingerprint density at radius 2 is 1.71 bits per heavy atom. The second-order valence-corrected chi connectivity index (χ2v) is 9.62. The average molecular weight is 429 g/mol. The Labute approximate surface area is 182 Å².